The normalized spacial score (nSPS) is 21.9. The summed E-state index contributed by atoms with van der Waals surface area (Å²) in [6, 6.07) is 6.36. The molecule has 3 heterocycles. The smallest absolute Gasteiger partial charge is 0.317 e. The molecule has 2 aliphatic heterocycles. The van der Waals surface area contributed by atoms with E-state index in [1.54, 1.807) is 4.57 Å². The number of imidazole rings is 1. The van der Waals surface area contributed by atoms with E-state index < -0.39 is 0 Å². The van der Waals surface area contributed by atoms with Crippen LogP contribution in [0.2, 0.25) is 0 Å². The molecule has 1 unspecified atom stereocenters. The van der Waals surface area contributed by atoms with Gasteiger partial charge in [-0.05, 0) is 57.5 Å². The van der Waals surface area contributed by atoms with E-state index >= 15 is 0 Å². The molecule has 25 heavy (non-hydrogen) atoms. The van der Waals surface area contributed by atoms with Crippen LogP contribution in [0.3, 0.4) is 0 Å². The summed E-state index contributed by atoms with van der Waals surface area (Å²) in [5, 5.41) is 6.79. The molecule has 1 atom stereocenters. The second-order valence-corrected chi connectivity index (χ2v) is 7.18. The number of aryl methyl sites for hydroxylation is 1. The van der Waals surface area contributed by atoms with E-state index in [0.29, 0.717) is 5.92 Å². The summed E-state index contributed by atoms with van der Waals surface area (Å²) >= 11 is 0. The maximum absolute atomic E-state index is 12.9. The molecule has 1 aromatic heterocycles. The molecule has 0 amide bonds. The minimum atomic E-state index is 0.0693. The highest BCUT2D eigenvalue weighted by molar-refractivity contribution is 5.83. The lowest BCUT2D eigenvalue weighted by molar-refractivity contribution is 0.369. The first-order valence-corrected chi connectivity index (χ1v) is 9.38. The van der Waals surface area contributed by atoms with Gasteiger partial charge in [-0.25, -0.2) is 4.79 Å². The Balaban J connectivity index is 1.77. The summed E-state index contributed by atoms with van der Waals surface area (Å²) in [7, 11) is 1.87. The van der Waals surface area contributed by atoms with Crippen molar-refractivity contribution in [2.75, 3.05) is 26.2 Å². The van der Waals surface area contributed by atoms with Gasteiger partial charge in [-0.2, -0.15) is 0 Å². The van der Waals surface area contributed by atoms with Crippen molar-refractivity contribution in [2.45, 2.75) is 31.7 Å². The van der Waals surface area contributed by atoms with E-state index in [1.165, 1.54) is 0 Å². The molecule has 0 saturated carbocycles. The molecule has 2 aromatic rings. The summed E-state index contributed by atoms with van der Waals surface area (Å²) < 4.78 is 3.74. The van der Waals surface area contributed by atoms with E-state index in [-0.39, 0.29) is 11.7 Å². The second kappa shape index (κ2) is 7.07. The zero-order valence-electron chi connectivity index (χ0n) is 14.8. The third-order valence-electron chi connectivity index (χ3n) is 5.49. The Kier molecular flexibility index (Phi) is 4.65. The standard InChI is InChI=1S/C20H26N4O/c1-23-19-16(8-7-15-9-12-21-13-10-15)4-2-6-18(19)24(20(23)25)17-5-3-11-22-14-17/h2,4,6,15,17,21-22H,3,5,9-14H2,1H3. The van der Waals surface area contributed by atoms with Crippen molar-refractivity contribution in [1.82, 2.24) is 19.8 Å². The zero-order valence-corrected chi connectivity index (χ0v) is 14.8. The summed E-state index contributed by atoms with van der Waals surface area (Å²) in [4.78, 5) is 12.9. The minimum absolute atomic E-state index is 0.0693. The number of para-hydroxylation sites is 1. The van der Waals surface area contributed by atoms with Crippen molar-refractivity contribution in [1.29, 1.82) is 0 Å². The SMILES string of the molecule is Cn1c(=O)n(C2CCCNC2)c2cccc(C#CC3CCNCC3)c21. The van der Waals surface area contributed by atoms with Gasteiger partial charge in [0.1, 0.15) is 0 Å². The highest BCUT2D eigenvalue weighted by Crippen LogP contribution is 2.23. The van der Waals surface area contributed by atoms with Crippen LogP contribution in [-0.4, -0.2) is 35.3 Å². The van der Waals surface area contributed by atoms with Gasteiger partial charge in [-0.15, -0.1) is 0 Å². The van der Waals surface area contributed by atoms with Crippen LogP contribution in [0.25, 0.3) is 11.0 Å². The van der Waals surface area contributed by atoms with Gasteiger partial charge in [-0.3, -0.25) is 9.13 Å². The maximum Gasteiger partial charge on any atom is 0.329 e. The van der Waals surface area contributed by atoms with Crippen molar-refractivity contribution in [2.24, 2.45) is 13.0 Å². The van der Waals surface area contributed by atoms with Crippen molar-refractivity contribution >= 4 is 11.0 Å². The molecule has 0 spiro atoms. The molecular formula is C20H26N4O. The molecule has 5 nitrogen and oxygen atoms in total. The van der Waals surface area contributed by atoms with Crippen molar-refractivity contribution in [3.05, 3.63) is 34.2 Å². The van der Waals surface area contributed by atoms with Gasteiger partial charge in [0.25, 0.3) is 0 Å². The Hall–Kier alpha value is -2.03. The number of hydrogen-bond acceptors (Lipinski definition) is 3. The quantitative estimate of drug-likeness (QED) is 0.777. The summed E-state index contributed by atoms with van der Waals surface area (Å²) in [5.74, 6) is 7.27. The number of aromatic nitrogens is 2. The topological polar surface area (TPSA) is 51.0 Å². The Bertz CT molecular complexity index is 871. The van der Waals surface area contributed by atoms with E-state index in [1.807, 2.05) is 23.7 Å². The average molecular weight is 338 g/mol. The van der Waals surface area contributed by atoms with Crippen LogP contribution in [0.4, 0.5) is 0 Å². The molecule has 2 N–H and O–H groups in total. The van der Waals surface area contributed by atoms with Crippen LogP contribution in [-0.2, 0) is 7.05 Å². The van der Waals surface area contributed by atoms with E-state index in [4.69, 9.17) is 0 Å². The molecule has 5 heteroatoms. The lowest BCUT2D eigenvalue weighted by atomic mass is 9.98. The van der Waals surface area contributed by atoms with Crippen LogP contribution in [0.15, 0.2) is 23.0 Å². The van der Waals surface area contributed by atoms with Crippen LogP contribution >= 0.6 is 0 Å². The molecule has 2 fully saturated rings. The van der Waals surface area contributed by atoms with Crippen molar-refractivity contribution < 1.29 is 0 Å². The zero-order chi connectivity index (χ0) is 17.2. The number of rotatable bonds is 1. The maximum atomic E-state index is 12.9. The number of nitrogens with zero attached hydrogens (tertiary/aromatic N) is 2. The predicted octanol–water partition coefficient (Wildman–Crippen LogP) is 1.62. The van der Waals surface area contributed by atoms with E-state index in [9.17, 15) is 4.79 Å². The Labute approximate surface area is 148 Å². The second-order valence-electron chi connectivity index (χ2n) is 7.18. The predicted molar refractivity (Wildman–Crippen MR) is 101 cm³/mol. The summed E-state index contributed by atoms with van der Waals surface area (Å²) in [5.41, 5.74) is 3.02. The Morgan fingerprint density at radius 2 is 1.96 bits per heavy atom. The van der Waals surface area contributed by atoms with Crippen LogP contribution < -0.4 is 16.3 Å². The molecule has 2 aliphatic rings. The number of benzene rings is 1. The first-order valence-electron chi connectivity index (χ1n) is 9.38. The van der Waals surface area contributed by atoms with E-state index in [2.05, 4.69) is 28.5 Å². The molecule has 0 bridgehead atoms. The molecule has 0 aliphatic carbocycles. The number of nitrogens with one attached hydrogen (secondary N) is 2. The summed E-state index contributed by atoms with van der Waals surface area (Å²) in [6.45, 7) is 4.01. The largest absolute Gasteiger partial charge is 0.329 e. The fourth-order valence-corrected chi connectivity index (χ4v) is 4.09. The third-order valence-corrected chi connectivity index (χ3v) is 5.49. The van der Waals surface area contributed by atoms with Crippen molar-refractivity contribution in [3.63, 3.8) is 0 Å². The first kappa shape index (κ1) is 16.4. The van der Waals surface area contributed by atoms with Gasteiger partial charge in [0.05, 0.1) is 22.6 Å². The first-order chi connectivity index (χ1) is 12.3. The lowest BCUT2D eigenvalue weighted by Crippen LogP contribution is -2.36. The van der Waals surface area contributed by atoms with Gasteiger partial charge in [0, 0.05) is 19.5 Å². The molecule has 132 valence electrons. The fraction of sp³-hybridized carbons (Fsp3) is 0.550. The molecule has 4 rings (SSSR count). The van der Waals surface area contributed by atoms with Crippen LogP contribution in [0.1, 0.15) is 37.3 Å². The number of fused-ring (bicyclic) bond motifs is 1. The number of piperidine rings is 2. The molecule has 1 aromatic carbocycles. The van der Waals surface area contributed by atoms with Crippen LogP contribution in [0.5, 0.6) is 0 Å². The highest BCUT2D eigenvalue weighted by atomic mass is 16.1. The molecular weight excluding hydrogens is 312 g/mol. The fourth-order valence-electron chi connectivity index (χ4n) is 4.09. The Morgan fingerprint density at radius 1 is 1.12 bits per heavy atom. The molecule has 0 radical (unpaired) electrons. The van der Waals surface area contributed by atoms with Crippen LogP contribution in [0, 0.1) is 17.8 Å². The van der Waals surface area contributed by atoms with Gasteiger partial charge >= 0.3 is 5.69 Å². The van der Waals surface area contributed by atoms with Gasteiger partial charge < -0.3 is 10.6 Å². The highest BCUT2D eigenvalue weighted by Gasteiger charge is 2.22. The number of hydrogen-bond donors (Lipinski definition) is 2. The Morgan fingerprint density at radius 3 is 2.72 bits per heavy atom. The van der Waals surface area contributed by atoms with Crippen molar-refractivity contribution in [3.8, 4) is 11.8 Å². The summed E-state index contributed by atoms with van der Waals surface area (Å²) in [6.07, 6.45) is 4.38. The average Bonchev–Trinajstić information content (AvgIpc) is 2.93. The van der Waals surface area contributed by atoms with E-state index in [0.717, 1.165) is 68.5 Å². The lowest BCUT2D eigenvalue weighted by Gasteiger charge is -2.24. The monoisotopic (exact) mass is 338 g/mol. The minimum Gasteiger partial charge on any atom is -0.317 e. The molecule has 2 saturated heterocycles. The third kappa shape index (κ3) is 3.12. The van der Waals surface area contributed by atoms with Gasteiger partial charge in [-0.1, -0.05) is 17.9 Å². The van der Waals surface area contributed by atoms with Gasteiger partial charge in [0.15, 0.2) is 0 Å². The van der Waals surface area contributed by atoms with Gasteiger partial charge in [0.2, 0.25) is 0 Å².